The number of methoxy groups -OCH3 is 1. The van der Waals surface area contributed by atoms with Gasteiger partial charge in [0.15, 0.2) is 0 Å². The predicted octanol–water partition coefficient (Wildman–Crippen LogP) is 0.0220. The highest BCUT2D eigenvalue weighted by Crippen LogP contribution is 1.83. The summed E-state index contributed by atoms with van der Waals surface area (Å²) in [5.41, 5.74) is 1.24. The first-order valence-corrected chi connectivity index (χ1v) is 2.16. The summed E-state index contributed by atoms with van der Waals surface area (Å²) in [4.78, 5) is 10.2. The van der Waals surface area contributed by atoms with E-state index in [1.807, 2.05) is 0 Å². The fraction of sp³-hybridized carbons (Fsp3) is 0.750. The fourth-order valence-electron chi connectivity index (χ4n) is 0.221. The minimum Gasteiger partial charge on any atom is -0.468 e. The molecule has 0 saturated heterocycles. The van der Waals surface area contributed by atoms with E-state index in [0.29, 0.717) is 0 Å². The maximum absolute atomic E-state index is 11.3. The maximum atomic E-state index is 11.3. The molecule has 4 heteroatoms. The summed E-state index contributed by atoms with van der Waals surface area (Å²) in [5.74, 6) is -0.604. The Labute approximate surface area is 46.8 Å². The molecule has 0 spiro atoms. The summed E-state index contributed by atoms with van der Waals surface area (Å²) >= 11 is 0. The van der Waals surface area contributed by atoms with Crippen molar-refractivity contribution in [2.75, 3.05) is 7.11 Å². The zero-order valence-corrected chi connectivity index (χ0v) is 4.77. The van der Waals surface area contributed by atoms with Crippen molar-refractivity contribution in [2.24, 2.45) is 0 Å². The Balaban J connectivity index is 3.46. The molecule has 0 bridgehead atoms. The van der Waals surface area contributed by atoms with Gasteiger partial charge < -0.3 is 4.74 Å². The van der Waals surface area contributed by atoms with Crippen LogP contribution in [-0.4, -0.2) is 19.1 Å². The minimum atomic E-state index is -0.861. The Morgan fingerprint density at radius 3 is 2.50 bits per heavy atom. The van der Waals surface area contributed by atoms with E-state index in [0.717, 1.165) is 0 Å². The van der Waals surface area contributed by atoms with Crippen LogP contribution in [0.5, 0.6) is 0 Å². The zero-order chi connectivity index (χ0) is 6.57. The summed E-state index contributed by atoms with van der Waals surface area (Å²) in [6, 6.07) is -0.861. The van der Waals surface area contributed by atoms with E-state index >= 15 is 0 Å². The first-order chi connectivity index (χ1) is 3.72. The lowest BCUT2D eigenvalue weighted by Crippen LogP contribution is -2.28. The smallest absolute Gasteiger partial charge is 0.325 e. The lowest BCUT2D eigenvalue weighted by atomic mass is 10.4. The van der Waals surface area contributed by atoms with Crippen molar-refractivity contribution in [3.8, 4) is 0 Å². The van der Waals surface area contributed by atoms with Crippen LogP contribution in [0.25, 0.3) is 0 Å². The second-order valence-corrected chi connectivity index (χ2v) is 1.35. The zero-order valence-electron chi connectivity index (χ0n) is 4.77. The molecule has 0 aliphatic heterocycles. The van der Waals surface area contributed by atoms with Gasteiger partial charge in [-0.05, 0) is 6.92 Å². The van der Waals surface area contributed by atoms with E-state index in [-0.39, 0.29) is 0 Å². The number of rotatable bonds is 2. The number of esters is 1. The molecule has 0 amide bonds. The Morgan fingerprint density at radius 1 is 1.88 bits per heavy atom. The van der Waals surface area contributed by atoms with Crippen LogP contribution in [0.4, 0.5) is 4.48 Å². The Hall–Kier alpha value is -0.640. The summed E-state index contributed by atoms with van der Waals surface area (Å²) in [6.45, 7) is 1.37. The van der Waals surface area contributed by atoms with Gasteiger partial charge in [0.2, 0.25) is 0 Å². The molecule has 0 aromatic rings. The van der Waals surface area contributed by atoms with Gasteiger partial charge in [-0.15, -0.1) is 10.0 Å². The van der Waals surface area contributed by atoms with Gasteiger partial charge in [0.05, 0.1) is 7.11 Å². The van der Waals surface area contributed by atoms with Crippen molar-refractivity contribution in [2.45, 2.75) is 13.0 Å². The molecule has 3 nitrogen and oxygen atoms in total. The van der Waals surface area contributed by atoms with Gasteiger partial charge in [-0.3, -0.25) is 4.79 Å². The Kier molecular flexibility index (Phi) is 3.10. The largest absolute Gasteiger partial charge is 0.468 e. The summed E-state index contributed by atoms with van der Waals surface area (Å²) < 4.78 is 15.4. The van der Waals surface area contributed by atoms with Crippen LogP contribution < -0.4 is 5.54 Å². The normalized spacial score (nSPS) is 12.9. The van der Waals surface area contributed by atoms with Crippen LogP contribution in [0.15, 0.2) is 0 Å². The molecule has 0 aliphatic carbocycles. The molecular weight excluding hydrogens is 113 g/mol. The monoisotopic (exact) mass is 121 g/mol. The van der Waals surface area contributed by atoms with Crippen molar-refractivity contribution >= 4 is 5.97 Å². The SMILES string of the molecule is COC(=O)[C@H](C)NF. The standard InChI is InChI=1S/C4H8FNO2/c1-3(6-5)4(7)8-2/h3,6H,1-2H3/t3-/m0/s1. The second-order valence-electron chi connectivity index (χ2n) is 1.35. The molecule has 0 fully saturated rings. The van der Waals surface area contributed by atoms with Gasteiger partial charge in [-0.25, -0.2) is 0 Å². The van der Waals surface area contributed by atoms with Crippen LogP contribution in [0.1, 0.15) is 6.92 Å². The molecule has 0 radical (unpaired) electrons. The van der Waals surface area contributed by atoms with Gasteiger partial charge in [-0.2, -0.15) is 0 Å². The Morgan fingerprint density at radius 2 is 2.38 bits per heavy atom. The molecule has 1 atom stereocenters. The summed E-state index contributed by atoms with van der Waals surface area (Å²) in [6.07, 6.45) is 0. The lowest BCUT2D eigenvalue weighted by molar-refractivity contribution is -0.143. The lowest BCUT2D eigenvalue weighted by Gasteiger charge is -2.01. The van der Waals surface area contributed by atoms with E-state index in [9.17, 15) is 9.28 Å². The third-order valence-electron chi connectivity index (χ3n) is 0.718. The highest BCUT2D eigenvalue weighted by molar-refractivity contribution is 5.74. The molecule has 0 aliphatic rings. The quantitative estimate of drug-likeness (QED) is 0.413. The highest BCUT2D eigenvalue weighted by Gasteiger charge is 2.10. The van der Waals surface area contributed by atoms with E-state index in [1.54, 1.807) is 0 Å². The predicted molar refractivity (Wildman–Crippen MR) is 25.7 cm³/mol. The van der Waals surface area contributed by atoms with Crippen molar-refractivity contribution in [1.82, 2.24) is 5.54 Å². The third-order valence-corrected chi connectivity index (χ3v) is 0.718. The maximum Gasteiger partial charge on any atom is 0.325 e. The number of carbonyl (C=O) groups is 1. The first-order valence-electron chi connectivity index (χ1n) is 2.16. The molecule has 8 heavy (non-hydrogen) atoms. The molecule has 0 rings (SSSR count). The topological polar surface area (TPSA) is 38.3 Å². The molecule has 0 saturated carbocycles. The van der Waals surface area contributed by atoms with Crippen LogP contribution >= 0.6 is 0 Å². The van der Waals surface area contributed by atoms with Gasteiger partial charge in [-0.1, -0.05) is 0 Å². The van der Waals surface area contributed by atoms with Crippen molar-refractivity contribution in [3.63, 3.8) is 0 Å². The van der Waals surface area contributed by atoms with E-state index < -0.39 is 12.0 Å². The number of carbonyl (C=O) groups excluding carboxylic acids is 1. The average molecular weight is 121 g/mol. The summed E-state index contributed by atoms with van der Waals surface area (Å²) in [5, 5.41) is 0. The molecule has 0 unspecified atom stereocenters. The van der Waals surface area contributed by atoms with E-state index in [4.69, 9.17) is 0 Å². The van der Waals surface area contributed by atoms with Gasteiger partial charge >= 0.3 is 5.97 Å². The fourth-order valence-corrected chi connectivity index (χ4v) is 0.221. The number of ether oxygens (including phenoxy) is 1. The van der Waals surface area contributed by atoms with Crippen LogP contribution in [0, 0.1) is 0 Å². The average Bonchev–Trinajstić information content (AvgIpc) is 1.84. The first kappa shape index (κ1) is 7.36. The molecule has 0 heterocycles. The third kappa shape index (κ3) is 1.88. The van der Waals surface area contributed by atoms with Crippen LogP contribution in [-0.2, 0) is 9.53 Å². The minimum absolute atomic E-state index is 0.604. The molecular formula is C4H8FNO2. The van der Waals surface area contributed by atoms with Crippen molar-refractivity contribution in [1.29, 1.82) is 0 Å². The van der Waals surface area contributed by atoms with Crippen molar-refractivity contribution < 1.29 is 14.0 Å². The molecule has 48 valence electrons. The van der Waals surface area contributed by atoms with E-state index in [2.05, 4.69) is 4.74 Å². The molecule has 1 N–H and O–H groups in total. The second kappa shape index (κ2) is 3.37. The van der Waals surface area contributed by atoms with Crippen LogP contribution in [0.3, 0.4) is 0 Å². The number of hydrogen-bond acceptors (Lipinski definition) is 3. The van der Waals surface area contributed by atoms with Gasteiger partial charge in [0, 0.05) is 0 Å². The Bertz CT molecular complexity index is 86.1. The van der Waals surface area contributed by atoms with Gasteiger partial charge in [0.1, 0.15) is 6.04 Å². The highest BCUT2D eigenvalue weighted by atomic mass is 19.2. The summed E-state index contributed by atoms with van der Waals surface area (Å²) in [7, 11) is 1.20. The van der Waals surface area contributed by atoms with Crippen LogP contribution in [0.2, 0.25) is 0 Å². The van der Waals surface area contributed by atoms with Gasteiger partial charge in [0.25, 0.3) is 0 Å². The molecule has 0 aromatic heterocycles. The molecule has 0 aromatic carbocycles. The number of hydrogen-bond donors (Lipinski definition) is 1. The number of halogens is 1. The van der Waals surface area contributed by atoms with E-state index in [1.165, 1.54) is 19.6 Å². The number of nitrogens with one attached hydrogen (secondary N) is 1. The van der Waals surface area contributed by atoms with Crippen molar-refractivity contribution in [3.05, 3.63) is 0 Å².